The van der Waals surface area contributed by atoms with E-state index < -0.39 is 5.54 Å². The number of amides is 2. The molecule has 0 spiro atoms. The molecule has 1 aliphatic rings. The number of aryl methyl sites for hydroxylation is 2. The van der Waals surface area contributed by atoms with Crippen LogP contribution in [0.2, 0.25) is 0 Å². The molecule has 5 heteroatoms. The number of nitrogens with one attached hydrogen (secondary N) is 1. The molecule has 2 amide bonds. The second-order valence-corrected chi connectivity index (χ2v) is 6.63. The lowest BCUT2D eigenvalue weighted by Gasteiger charge is -2.37. The molecule has 2 rings (SSSR count). The predicted octanol–water partition coefficient (Wildman–Crippen LogP) is 1.60. The molecular formula is C13H18N2O2S. The van der Waals surface area contributed by atoms with Gasteiger partial charge in [0, 0.05) is 9.75 Å². The van der Waals surface area contributed by atoms with Crippen molar-refractivity contribution in [1.82, 2.24) is 10.2 Å². The van der Waals surface area contributed by atoms with Crippen LogP contribution in [0.4, 0.5) is 0 Å². The molecule has 2 heterocycles. The Bertz CT molecular complexity index is 486. The third-order valence-electron chi connectivity index (χ3n) is 3.17. The molecule has 1 aromatic heterocycles. The van der Waals surface area contributed by atoms with Crippen molar-refractivity contribution in [2.45, 2.75) is 39.8 Å². The van der Waals surface area contributed by atoms with Gasteiger partial charge in [-0.1, -0.05) is 0 Å². The van der Waals surface area contributed by atoms with E-state index in [-0.39, 0.29) is 18.4 Å². The minimum atomic E-state index is -0.795. The molecule has 1 saturated heterocycles. The molecule has 1 fully saturated rings. The summed E-state index contributed by atoms with van der Waals surface area (Å²) < 4.78 is 0. The summed E-state index contributed by atoms with van der Waals surface area (Å²) in [5.74, 6) is -0.115. The van der Waals surface area contributed by atoms with Gasteiger partial charge in [0.15, 0.2) is 0 Å². The molecule has 98 valence electrons. The fourth-order valence-electron chi connectivity index (χ4n) is 2.13. The standard InChI is InChI=1S/C13H18N2O2S/c1-8-5-10(18-9(8)2)6-15-7-11(16)14-13(3,4)12(15)17/h5H,6-7H2,1-4H3,(H,14,16). The number of rotatable bonds is 2. The van der Waals surface area contributed by atoms with Gasteiger partial charge in [-0.05, 0) is 39.3 Å². The van der Waals surface area contributed by atoms with Crippen LogP contribution < -0.4 is 5.32 Å². The van der Waals surface area contributed by atoms with Crippen molar-refractivity contribution in [2.75, 3.05) is 6.54 Å². The minimum absolute atomic E-state index is 0.0224. The number of thiophene rings is 1. The molecular weight excluding hydrogens is 248 g/mol. The maximum Gasteiger partial charge on any atom is 0.248 e. The fourth-order valence-corrected chi connectivity index (χ4v) is 3.19. The van der Waals surface area contributed by atoms with Crippen molar-refractivity contribution < 1.29 is 9.59 Å². The average molecular weight is 266 g/mol. The average Bonchev–Trinajstić information content (AvgIpc) is 2.53. The number of carbonyl (C=O) groups is 2. The van der Waals surface area contributed by atoms with Crippen LogP contribution in [0.3, 0.4) is 0 Å². The zero-order valence-corrected chi connectivity index (χ0v) is 12.0. The van der Waals surface area contributed by atoms with Crippen LogP contribution in [-0.4, -0.2) is 28.8 Å². The third kappa shape index (κ3) is 2.41. The van der Waals surface area contributed by atoms with Gasteiger partial charge >= 0.3 is 0 Å². The van der Waals surface area contributed by atoms with E-state index in [1.165, 1.54) is 10.4 Å². The molecule has 0 aromatic carbocycles. The second kappa shape index (κ2) is 4.39. The number of nitrogens with zero attached hydrogens (tertiary/aromatic N) is 1. The Morgan fingerprint density at radius 1 is 1.39 bits per heavy atom. The van der Waals surface area contributed by atoms with E-state index in [9.17, 15) is 9.59 Å². The second-order valence-electron chi connectivity index (χ2n) is 5.29. The first kappa shape index (κ1) is 13.1. The summed E-state index contributed by atoms with van der Waals surface area (Å²) in [4.78, 5) is 27.8. The maximum atomic E-state index is 12.2. The number of hydrogen-bond donors (Lipinski definition) is 1. The predicted molar refractivity (Wildman–Crippen MR) is 71.4 cm³/mol. The molecule has 0 saturated carbocycles. The zero-order valence-electron chi connectivity index (χ0n) is 11.2. The number of piperazine rings is 1. The molecule has 1 aromatic rings. The molecule has 18 heavy (non-hydrogen) atoms. The zero-order chi connectivity index (χ0) is 13.5. The van der Waals surface area contributed by atoms with Gasteiger partial charge in [0.1, 0.15) is 12.1 Å². The first-order valence-electron chi connectivity index (χ1n) is 5.96. The van der Waals surface area contributed by atoms with Crippen LogP contribution in [0, 0.1) is 13.8 Å². The quantitative estimate of drug-likeness (QED) is 0.884. The van der Waals surface area contributed by atoms with Gasteiger partial charge in [-0.2, -0.15) is 0 Å². The smallest absolute Gasteiger partial charge is 0.248 e. The molecule has 0 unspecified atom stereocenters. The molecule has 0 bridgehead atoms. The van der Waals surface area contributed by atoms with Crippen LogP contribution in [0.25, 0.3) is 0 Å². The van der Waals surface area contributed by atoms with E-state index in [1.54, 1.807) is 30.1 Å². The molecule has 0 atom stereocenters. The lowest BCUT2D eigenvalue weighted by atomic mass is 10.0. The van der Waals surface area contributed by atoms with Gasteiger partial charge in [-0.25, -0.2) is 0 Å². The Morgan fingerprint density at radius 2 is 2.06 bits per heavy atom. The Kier molecular flexibility index (Phi) is 3.19. The summed E-state index contributed by atoms with van der Waals surface area (Å²) in [6, 6.07) is 2.09. The van der Waals surface area contributed by atoms with Gasteiger partial charge in [0.05, 0.1) is 6.54 Å². The molecule has 1 N–H and O–H groups in total. The van der Waals surface area contributed by atoms with Crippen LogP contribution >= 0.6 is 11.3 Å². The van der Waals surface area contributed by atoms with E-state index in [1.807, 2.05) is 0 Å². The van der Waals surface area contributed by atoms with Gasteiger partial charge in [0.25, 0.3) is 0 Å². The fraction of sp³-hybridized carbons (Fsp3) is 0.538. The third-order valence-corrected chi connectivity index (χ3v) is 4.31. The Morgan fingerprint density at radius 3 is 2.61 bits per heavy atom. The van der Waals surface area contributed by atoms with Gasteiger partial charge in [-0.3, -0.25) is 9.59 Å². The first-order valence-corrected chi connectivity index (χ1v) is 6.77. The SMILES string of the molecule is Cc1cc(CN2CC(=O)NC(C)(C)C2=O)sc1C. The summed E-state index contributed by atoms with van der Waals surface area (Å²) >= 11 is 1.69. The van der Waals surface area contributed by atoms with Crippen LogP contribution in [-0.2, 0) is 16.1 Å². The highest BCUT2D eigenvalue weighted by molar-refractivity contribution is 7.12. The van der Waals surface area contributed by atoms with Crippen LogP contribution in [0.5, 0.6) is 0 Å². The highest BCUT2D eigenvalue weighted by Crippen LogP contribution is 2.24. The minimum Gasteiger partial charge on any atom is -0.341 e. The highest BCUT2D eigenvalue weighted by Gasteiger charge is 2.39. The summed E-state index contributed by atoms with van der Waals surface area (Å²) in [5, 5.41) is 2.71. The monoisotopic (exact) mass is 266 g/mol. The summed E-state index contributed by atoms with van der Waals surface area (Å²) in [5.41, 5.74) is 0.444. The van der Waals surface area contributed by atoms with Crippen molar-refractivity contribution in [1.29, 1.82) is 0 Å². The maximum absolute atomic E-state index is 12.2. The Labute approximate surface area is 111 Å². The first-order chi connectivity index (χ1) is 8.29. The van der Waals surface area contributed by atoms with E-state index in [0.29, 0.717) is 6.54 Å². The Hall–Kier alpha value is -1.36. The number of hydrogen-bond acceptors (Lipinski definition) is 3. The van der Waals surface area contributed by atoms with Crippen molar-refractivity contribution in [3.8, 4) is 0 Å². The normalized spacial score (nSPS) is 19.0. The van der Waals surface area contributed by atoms with Gasteiger partial charge in [0.2, 0.25) is 11.8 Å². The molecule has 4 nitrogen and oxygen atoms in total. The number of carbonyl (C=O) groups excluding carboxylic acids is 2. The van der Waals surface area contributed by atoms with Gasteiger partial charge in [-0.15, -0.1) is 11.3 Å². The van der Waals surface area contributed by atoms with Crippen molar-refractivity contribution in [3.63, 3.8) is 0 Å². The van der Waals surface area contributed by atoms with E-state index in [0.717, 1.165) is 4.88 Å². The van der Waals surface area contributed by atoms with E-state index >= 15 is 0 Å². The van der Waals surface area contributed by atoms with Crippen molar-refractivity contribution >= 4 is 23.2 Å². The largest absolute Gasteiger partial charge is 0.341 e. The van der Waals surface area contributed by atoms with Crippen molar-refractivity contribution in [3.05, 3.63) is 21.4 Å². The molecule has 0 aliphatic carbocycles. The summed E-state index contributed by atoms with van der Waals surface area (Å²) in [7, 11) is 0. The van der Waals surface area contributed by atoms with Crippen LogP contribution in [0.1, 0.15) is 29.2 Å². The highest BCUT2D eigenvalue weighted by atomic mass is 32.1. The van der Waals surface area contributed by atoms with Gasteiger partial charge < -0.3 is 10.2 Å². The Balaban J connectivity index is 2.17. The van der Waals surface area contributed by atoms with Crippen molar-refractivity contribution in [2.24, 2.45) is 0 Å². The molecule has 0 radical (unpaired) electrons. The molecule has 1 aliphatic heterocycles. The lowest BCUT2D eigenvalue weighted by molar-refractivity contribution is -0.148. The topological polar surface area (TPSA) is 49.4 Å². The summed E-state index contributed by atoms with van der Waals surface area (Å²) in [6.07, 6.45) is 0. The van der Waals surface area contributed by atoms with E-state index in [2.05, 4.69) is 25.2 Å². The summed E-state index contributed by atoms with van der Waals surface area (Å²) in [6.45, 7) is 8.28. The van der Waals surface area contributed by atoms with E-state index in [4.69, 9.17) is 0 Å². The van der Waals surface area contributed by atoms with Crippen LogP contribution in [0.15, 0.2) is 6.07 Å². The lowest BCUT2D eigenvalue weighted by Crippen LogP contribution is -2.63.